The molecular weight excluding hydrogens is 624 g/mol. The number of hydrogen-bond donors (Lipinski definition) is 2. The molecule has 0 aliphatic carbocycles. The molecule has 10 nitrogen and oxygen atoms in total. The number of anilines is 2. The third-order valence-electron chi connectivity index (χ3n) is 8.01. The third kappa shape index (κ3) is 13.2. The Balaban J connectivity index is 1.65. The lowest BCUT2D eigenvalue weighted by atomic mass is 9.96. The van der Waals surface area contributed by atoms with E-state index in [1.807, 2.05) is 24.3 Å². The standard InChI is InChI=1S/C39H54N2O8/c1-5-9-10-11-12-13-14-15-16-17-27-47-29-21-23-30(24-22-29)48-28-40-34-26-25-31-32(19-18-20-33(31)41-39(44)46-8-4)36(34)37(38(43)45-7-3)49-35(42)6-2/h18-26,37,40H,5-17,27-28H2,1-4H3,(H,41,44). The van der Waals surface area contributed by atoms with Crippen molar-refractivity contribution in [1.82, 2.24) is 0 Å². The van der Waals surface area contributed by atoms with Crippen LogP contribution in [0.5, 0.6) is 11.5 Å². The van der Waals surface area contributed by atoms with Crippen molar-refractivity contribution in [2.45, 2.75) is 104 Å². The fraction of sp³-hybridized carbons (Fsp3) is 0.513. The van der Waals surface area contributed by atoms with Gasteiger partial charge in [0.1, 0.15) is 11.5 Å². The highest BCUT2D eigenvalue weighted by molar-refractivity contribution is 6.04. The van der Waals surface area contributed by atoms with Gasteiger partial charge in [-0.2, -0.15) is 0 Å². The quantitative estimate of drug-likeness (QED) is 0.0437. The average Bonchev–Trinajstić information content (AvgIpc) is 3.10. The molecule has 0 fully saturated rings. The zero-order valence-corrected chi connectivity index (χ0v) is 29.6. The molecule has 2 N–H and O–H groups in total. The van der Waals surface area contributed by atoms with Crippen molar-refractivity contribution in [3.8, 4) is 11.5 Å². The van der Waals surface area contributed by atoms with Crippen molar-refractivity contribution in [2.75, 3.05) is 37.2 Å². The lowest BCUT2D eigenvalue weighted by Crippen LogP contribution is -2.24. The zero-order chi connectivity index (χ0) is 35.3. The van der Waals surface area contributed by atoms with E-state index in [1.54, 1.807) is 51.1 Å². The van der Waals surface area contributed by atoms with Crippen molar-refractivity contribution in [1.29, 1.82) is 0 Å². The molecule has 0 saturated heterocycles. The first-order valence-electron chi connectivity index (χ1n) is 17.9. The monoisotopic (exact) mass is 678 g/mol. The Kier molecular flexibility index (Phi) is 17.7. The average molecular weight is 679 g/mol. The summed E-state index contributed by atoms with van der Waals surface area (Å²) in [6.07, 6.45) is 10.9. The molecule has 268 valence electrons. The first-order chi connectivity index (χ1) is 23.9. The Labute approximate surface area is 291 Å². The molecule has 3 rings (SSSR count). The fourth-order valence-electron chi connectivity index (χ4n) is 5.47. The topological polar surface area (TPSA) is 121 Å². The predicted molar refractivity (Wildman–Crippen MR) is 193 cm³/mol. The number of esters is 2. The van der Waals surface area contributed by atoms with Gasteiger partial charge in [0.05, 0.1) is 25.5 Å². The van der Waals surface area contributed by atoms with Gasteiger partial charge in [-0.25, -0.2) is 9.59 Å². The van der Waals surface area contributed by atoms with Crippen LogP contribution >= 0.6 is 0 Å². The van der Waals surface area contributed by atoms with Gasteiger partial charge in [0.25, 0.3) is 0 Å². The zero-order valence-electron chi connectivity index (χ0n) is 29.6. The SMILES string of the molecule is CCCCCCCCCCCCOc1ccc(OCNc2ccc3c(NC(=O)OCC)cccc3c2C(OC(=O)CC)C(=O)OCC)cc1. The van der Waals surface area contributed by atoms with Crippen LogP contribution in [-0.2, 0) is 23.8 Å². The van der Waals surface area contributed by atoms with Gasteiger partial charge in [-0.3, -0.25) is 10.1 Å². The molecule has 0 saturated carbocycles. The molecule has 10 heteroatoms. The summed E-state index contributed by atoms with van der Waals surface area (Å²) in [7, 11) is 0. The highest BCUT2D eigenvalue weighted by Gasteiger charge is 2.31. The number of carbonyl (C=O) groups is 3. The normalized spacial score (nSPS) is 11.4. The van der Waals surface area contributed by atoms with Crippen LogP contribution < -0.4 is 20.1 Å². The Morgan fingerprint density at radius 3 is 1.92 bits per heavy atom. The van der Waals surface area contributed by atoms with Crippen LogP contribution in [0.1, 0.15) is 110 Å². The number of unbranched alkanes of at least 4 members (excludes halogenated alkanes) is 9. The molecule has 0 aliphatic heterocycles. The molecule has 0 heterocycles. The first kappa shape index (κ1) is 39.0. The fourth-order valence-corrected chi connectivity index (χ4v) is 5.47. The van der Waals surface area contributed by atoms with E-state index in [4.69, 9.17) is 23.7 Å². The van der Waals surface area contributed by atoms with E-state index in [0.29, 0.717) is 40.1 Å². The Morgan fingerprint density at radius 2 is 1.29 bits per heavy atom. The number of benzene rings is 3. The minimum absolute atomic E-state index is 0.0509. The molecule has 0 radical (unpaired) electrons. The van der Waals surface area contributed by atoms with Crippen LogP contribution in [0.15, 0.2) is 54.6 Å². The van der Waals surface area contributed by atoms with E-state index in [-0.39, 0.29) is 26.4 Å². The van der Waals surface area contributed by atoms with E-state index in [0.717, 1.165) is 12.2 Å². The van der Waals surface area contributed by atoms with Gasteiger partial charge in [-0.15, -0.1) is 0 Å². The maximum absolute atomic E-state index is 13.2. The first-order valence-corrected chi connectivity index (χ1v) is 17.9. The van der Waals surface area contributed by atoms with Crippen molar-refractivity contribution in [2.24, 2.45) is 0 Å². The molecule has 1 amide bonds. The lowest BCUT2D eigenvalue weighted by molar-refractivity contribution is -0.168. The second-order valence-electron chi connectivity index (χ2n) is 11.7. The van der Waals surface area contributed by atoms with Gasteiger partial charge in [0.15, 0.2) is 6.73 Å². The van der Waals surface area contributed by atoms with E-state index >= 15 is 0 Å². The van der Waals surface area contributed by atoms with E-state index < -0.39 is 24.1 Å². The van der Waals surface area contributed by atoms with E-state index in [1.165, 1.54) is 57.8 Å². The highest BCUT2D eigenvalue weighted by Crippen LogP contribution is 2.37. The molecule has 3 aromatic rings. The molecule has 0 spiro atoms. The molecule has 1 unspecified atom stereocenters. The number of hydrogen-bond acceptors (Lipinski definition) is 9. The van der Waals surface area contributed by atoms with Crippen molar-refractivity contribution >= 4 is 40.2 Å². The van der Waals surface area contributed by atoms with Crippen LogP contribution in [0.3, 0.4) is 0 Å². The summed E-state index contributed by atoms with van der Waals surface area (Å²) in [5.74, 6) is 0.142. The predicted octanol–water partition coefficient (Wildman–Crippen LogP) is 9.71. The van der Waals surface area contributed by atoms with Crippen LogP contribution in [0.4, 0.5) is 16.2 Å². The van der Waals surface area contributed by atoms with Crippen LogP contribution in [0.2, 0.25) is 0 Å². The summed E-state index contributed by atoms with van der Waals surface area (Å²) in [6, 6.07) is 16.2. The van der Waals surface area contributed by atoms with Gasteiger partial charge in [0.2, 0.25) is 6.10 Å². The third-order valence-corrected chi connectivity index (χ3v) is 8.01. The molecule has 0 aromatic heterocycles. The molecular formula is C39H54N2O8. The van der Waals surface area contributed by atoms with Crippen LogP contribution in [0, 0.1) is 0 Å². The maximum Gasteiger partial charge on any atom is 0.411 e. The van der Waals surface area contributed by atoms with Crippen LogP contribution in [-0.4, -0.2) is 44.6 Å². The van der Waals surface area contributed by atoms with Gasteiger partial charge in [-0.05, 0) is 62.1 Å². The lowest BCUT2D eigenvalue weighted by Gasteiger charge is -2.23. The summed E-state index contributed by atoms with van der Waals surface area (Å²) >= 11 is 0. The molecule has 49 heavy (non-hydrogen) atoms. The minimum atomic E-state index is -1.36. The summed E-state index contributed by atoms with van der Waals surface area (Å²) in [5, 5.41) is 7.16. The largest absolute Gasteiger partial charge is 0.494 e. The highest BCUT2D eigenvalue weighted by atomic mass is 16.6. The second-order valence-corrected chi connectivity index (χ2v) is 11.7. The smallest absolute Gasteiger partial charge is 0.411 e. The number of carbonyl (C=O) groups excluding carboxylic acids is 3. The van der Waals surface area contributed by atoms with Gasteiger partial charge >= 0.3 is 18.0 Å². The van der Waals surface area contributed by atoms with Crippen molar-refractivity contribution in [3.63, 3.8) is 0 Å². The Hall–Kier alpha value is -4.47. The maximum atomic E-state index is 13.2. The minimum Gasteiger partial charge on any atom is -0.494 e. The molecule has 3 aromatic carbocycles. The van der Waals surface area contributed by atoms with E-state index in [9.17, 15) is 14.4 Å². The number of ether oxygens (including phenoxy) is 5. The van der Waals surface area contributed by atoms with Gasteiger partial charge in [0, 0.05) is 23.1 Å². The summed E-state index contributed by atoms with van der Waals surface area (Å²) in [4.78, 5) is 37.9. The molecule has 1 atom stereocenters. The molecule has 0 bridgehead atoms. The summed E-state index contributed by atoms with van der Waals surface area (Å²) in [5.41, 5.74) is 1.35. The number of fused-ring (bicyclic) bond motifs is 1. The Morgan fingerprint density at radius 1 is 0.653 bits per heavy atom. The summed E-state index contributed by atoms with van der Waals surface area (Å²) < 4.78 is 27.9. The number of rotatable bonds is 23. The number of nitrogens with one attached hydrogen (secondary N) is 2. The van der Waals surface area contributed by atoms with Crippen molar-refractivity contribution < 1.29 is 38.1 Å². The van der Waals surface area contributed by atoms with Crippen LogP contribution in [0.25, 0.3) is 10.8 Å². The van der Waals surface area contributed by atoms with Gasteiger partial charge < -0.3 is 29.0 Å². The Bertz CT molecular complexity index is 1440. The molecule has 0 aliphatic rings. The number of amides is 1. The van der Waals surface area contributed by atoms with Crippen molar-refractivity contribution in [3.05, 3.63) is 60.2 Å². The van der Waals surface area contributed by atoms with Gasteiger partial charge in [-0.1, -0.05) is 89.8 Å². The second kappa shape index (κ2) is 22.2. The van der Waals surface area contributed by atoms with E-state index in [2.05, 4.69) is 17.6 Å². The summed E-state index contributed by atoms with van der Waals surface area (Å²) in [6.45, 7) is 8.35.